The maximum atomic E-state index is 12.1. The molecule has 1 heterocycles. The molecule has 0 atom stereocenters. The first-order valence-corrected chi connectivity index (χ1v) is 7.87. The van der Waals surface area contributed by atoms with E-state index in [1.165, 1.54) is 12.8 Å². The van der Waals surface area contributed by atoms with Gasteiger partial charge in [0, 0.05) is 16.7 Å². The van der Waals surface area contributed by atoms with Gasteiger partial charge in [-0.05, 0) is 63.5 Å². The van der Waals surface area contributed by atoms with Crippen LogP contribution >= 0.6 is 15.9 Å². The van der Waals surface area contributed by atoms with Crippen molar-refractivity contribution in [3.05, 3.63) is 28.2 Å². The van der Waals surface area contributed by atoms with Crippen LogP contribution in [0.5, 0.6) is 0 Å². The van der Waals surface area contributed by atoms with Gasteiger partial charge in [-0.2, -0.15) is 0 Å². The summed E-state index contributed by atoms with van der Waals surface area (Å²) in [6.07, 6.45) is 3.50. The van der Waals surface area contributed by atoms with E-state index in [0.717, 1.165) is 36.4 Å². The number of hydrogen-bond acceptors (Lipinski definition) is 3. The van der Waals surface area contributed by atoms with Gasteiger partial charge < -0.3 is 16.0 Å². The van der Waals surface area contributed by atoms with Crippen LogP contribution in [0.2, 0.25) is 0 Å². The fourth-order valence-electron chi connectivity index (χ4n) is 2.56. The Morgan fingerprint density at radius 3 is 2.85 bits per heavy atom. The quantitative estimate of drug-likeness (QED) is 0.828. The van der Waals surface area contributed by atoms with Crippen LogP contribution in [0.4, 0.5) is 5.69 Å². The highest BCUT2D eigenvalue weighted by Gasteiger charge is 2.17. The average molecular weight is 340 g/mol. The van der Waals surface area contributed by atoms with Crippen molar-refractivity contribution in [2.45, 2.75) is 19.3 Å². The summed E-state index contributed by atoms with van der Waals surface area (Å²) < 4.78 is 0.868. The minimum Gasteiger partial charge on any atom is -0.398 e. The predicted octanol–water partition coefficient (Wildman–Crippen LogP) is 2.49. The average Bonchev–Trinajstić information content (AvgIpc) is 2.43. The zero-order valence-corrected chi connectivity index (χ0v) is 13.4. The highest BCUT2D eigenvalue weighted by molar-refractivity contribution is 9.10. The van der Waals surface area contributed by atoms with Crippen molar-refractivity contribution in [3.8, 4) is 0 Å². The van der Waals surface area contributed by atoms with E-state index in [9.17, 15) is 4.79 Å². The van der Waals surface area contributed by atoms with Crippen molar-refractivity contribution >= 4 is 27.5 Å². The molecule has 2 rings (SSSR count). The second-order valence-electron chi connectivity index (χ2n) is 5.52. The molecule has 4 nitrogen and oxygen atoms in total. The lowest BCUT2D eigenvalue weighted by molar-refractivity contribution is 0.0949. The standard InChI is InChI=1S/C15H22BrN3O/c1-19-8-5-11(6-9-19)4-7-18-15(20)13-10-12(16)2-3-14(13)17/h2-3,10-11H,4-9,17H2,1H3,(H,18,20). The minimum atomic E-state index is -0.0864. The zero-order chi connectivity index (χ0) is 14.5. The van der Waals surface area contributed by atoms with Gasteiger partial charge in [0.1, 0.15) is 0 Å². The molecule has 0 unspecified atom stereocenters. The second-order valence-corrected chi connectivity index (χ2v) is 6.44. The van der Waals surface area contributed by atoms with Gasteiger partial charge in [-0.25, -0.2) is 0 Å². The predicted molar refractivity (Wildman–Crippen MR) is 85.7 cm³/mol. The summed E-state index contributed by atoms with van der Waals surface area (Å²) in [4.78, 5) is 14.4. The maximum absolute atomic E-state index is 12.1. The van der Waals surface area contributed by atoms with Crippen LogP contribution in [0.1, 0.15) is 29.6 Å². The van der Waals surface area contributed by atoms with Gasteiger partial charge in [0.2, 0.25) is 0 Å². The molecule has 0 bridgehead atoms. The third-order valence-corrected chi connectivity index (χ3v) is 4.43. The Kier molecular flexibility index (Phi) is 5.43. The Morgan fingerprint density at radius 1 is 1.45 bits per heavy atom. The molecule has 0 spiro atoms. The first-order valence-electron chi connectivity index (χ1n) is 7.08. The van der Waals surface area contributed by atoms with Gasteiger partial charge in [-0.15, -0.1) is 0 Å². The lowest BCUT2D eigenvalue weighted by Gasteiger charge is -2.28. The highest BCUT2D eigenvalue weighted by Crippen LogP contribution is 2.20. The number of halogens is 1. The smallest absolute Gasteiger partial charge is 0.253 e. The molecule has 0 radical (unpaired) electrons. The normalized spacial score (nSPS) is 17.1. The van der Waals surface area contributed by atoms with Gasteiger partial charge in [0.15, 0.2) is 0 Å². The number of rotatable bonds is 4. The van der Waals surface area contributed by atoms with E-state index in [1.807, 2.05) is 6.07 Å². The number of likely N-dealkylation sites (tertiary alicyclic amines) is 1. The third-order valence-electron chi connectivity index (χ3n) is 3.94. The monoisotopic (exact) mass is 339 g/mol. The number of piperidine rings is 1. The zero-order valence-electron chi connectivity index (χ0n) is 11.9. The summed E-state index contributed by atoms with van der Waals surface area (Å²) in [7, 11) is 2.16. The Labute approximate surface area is 128 Å². The SMILES string of the molecule is CN1CCC(CCNC(=O)c2cc(Br)ccc2N)CC1. The molecule has 20 heavy (non-hydrogen) atoms. The van der Waals surface area contributed by atoms with Crippen molar-refractivity contribution in [3.63, 3.8) is 0 Å². The molecule has 1 aliphatic heterocycles. The van der Waals surface area contributed by atoms with Crippen molar-refractivity contribution in [2.24, 2.45) is 5.92 Å². The molecule has 1 aromatic carbocycles. The van der Waals surface area contributed by atoms with E-state index in [1.54, 1.807) is 12.1 Å². The summed E-state index contributed by atoms with van der Waals surface area (Å²) in [6, 6.07) is 5.35. The van der Waals surface area contributed by atoms with Crippen LogP contribution in [0.25, 0.3) is 0 Å². The van der Waals surface area contributed by atoms with Crippen LogP contribution < -0.4 is 11.1 Å². The van der Waals surface area contributed by atoms with E-state index in [0.29, 0.717) is 11.3 Å². The number of carbonyl (C=O) groups is 1. The summed E-state index contributed by atoms with van der Waals surface area (Å²) in [5.41, 5.74) is 6.90. The molecule has 1 fully saturated rings. The van der Waals surface area contributed by atoms with Crippen molar-refractivity contribution < 1.29 is 4.79 Å². The van der Waals surface area contributed by atoms with E-state index < -0.39 is 0 Å². The van der Waals surface area contributed by atoms with Crippen molar-refractivity contribution in [1.82, 2.24) is 10.2 Å². The molecule has 1 aliphatic rings. The van der Waals surface area contributed by atoms with Gasteiger partial charge in [0.05, 0.1) is 5.56 Å². The lowest BCUT2D eigenvalue weighted by atomic mass is 9.94. The number of hydrogen-bond donors (Lipinski definition) is 2. The minimum absolute atomic E-state index is 0.0864. The molecule has 3 N–H and O–H groups in total. The first kappa shape index (κ1) is 15.3. The topological polar surface area (TPSA) is 58.4 Å². The largest absolute Gasteiger partial charge is 0.398 e. The number of amides is 1. The molecule has 1 amide bonds. The van der Waals surface area contributed by atoms with Crippen LogP contribution in [-0.4, -0.2) is 37.5 Å². The Morgan fingerprint density at radius 2 is 2.15 bits per heavy atom. The number of nitrogens with one attached hydrogen (secondary N) is 1. The number of nitrogens with two attached hydrogens (primary N) is 1. The second kappa shape index (κ2) is 7.09. The number of nitrogen functional groups attached to an aromatic ring is 1. The lowest BCUT2D eigenvalue weighted by Crippen LogP contribution is -2.32. The van der Waals surface area contributed by atoms with Gasteiger partial charge >= 0.3 is 0 Å². The molecule has 0 saturated carbocycles. The molecule has 5 heteroatoms. The number of benzene rings is 1. The van der Waals surface area contributed by atoms with Crippen molar-refractivity contribution in [1.29, 1.82) is 0 Å². The van der Waals surface area contributed by atoms with E-state index in [4.69, 9.17) is 5.73 Å². The number of nitrogens with zero attached hydrogens (tertiary/aromatic N) is 1. The van der Waals surface area contributed by atoms with E-state index in [2.05, 4.69) is 33.2 Å². The third kappa shape index (κ3) is 4.21. The molecule has 110 valence electrons. The summed E-state index contributed by atoms with van der Waals surface area (Å²) in [5, 5.41) is 2.97. The Hall–Kier alpha value is -1.07. The first-order chi connectivity index (χ1) is 9.56. The van der Waals surface area contributed by atoms with Gasteiger partial charge in [-0.1, -0.05) is 15.9 Å². The van der Waals surface area contributed by atoms with Crippen LogP contribution in [-0.2, 0) is 0 Å². The molecular formula is C15H22BrN3O. The summed E-state index contributed by atoms with van der Waals surface area (Å²) >= 11 is 3.36. The molecule has 1 saturated heterocycles. The van der Waals surface area contributed by atoms with E-state index in [-0.39, 0.29) is 5.91 Å². The highest BCUT2D eigenvalue weighted by atomic mass is 79.9. The molecular weight excluding hydrogens is 318 g/mol. The van der Waals surface area contributed by atoms with Gasteiger partial charge in [-0.3, -0.25) is 4.79 Å². The van der Waals surface area contributed by atoms with E-state index >= 15 is 0 Å². The van der Waals surface area contributed by atoms with Crippen LogP contribution in [0.15, 0.2) is 22.7 Å². The Bertz CT molecular complexity index is 470. The fraction of sp³-hybridized carbons (Fsp3) is 0.533. The summed E-state index contributed by atoms with van der Waals surface area (Å²) in [6.45, 7) is 3.05. The van der Waals surface area contributed by atoms with Crippen molar-refractivity contribution in [2.75, 3.05) is 32.4 Å². The molecule has 0 aromatic heterocycles. The maximum Gasteiger partial charge on any atom is 0.253 e. The van der Waals surface area contributed by atoms with Crippen LogP contribution in [0.3, 0.4) is 0 Å². The number of anilines is 1. The summed E-state index contributed by atoms with van der Waals surface area (Å²) in [5.74, 6) is 0.642. The molecule has 1 aromatic rings. The molecule has 0 aliphatic carbocycles. The Balaban J connectivity index is 1.79. The number of carbonyl (C=O) groups excluding carboxylic acids is 1. The van der Waals surface area contributed by atoms with Crippen LogP contribution in [0, 0.1) is 5.92 Å². The fourth-order valence-corrected chi connectivity index (χ4v) is 2.92. The van der Waals surface area contributed by atoms with Gasteiger partial charge in [0.25, 0.3) is 5.91 Å².